The second-order valence-corrected chi connectivity index (χ2v) is 5.13. The molecular weight excluding hydrogens is 330 g/mol. The highest BCUT2D eigenvalue weighted by molar-refractivity contribution is 9.10. The van der Waals surface area contributed by atoms with Crippen LogP contribution in [0.2, 0.25) is 5.02 Å². The minimum Gasteiger partial charge on any atom is -0.436 e. The van der Waals surface area contributed by atoms with Crippen LogP contribution in [0.3, 0.4) is 0 Å². The van der Waals surface area contributed by atoms with E-state index in [2.05, 4.69) is 31.2 Å². The van der Waals surface area contributed by atoms with Crippen LogP contribution in [0.15, 0.2) is 35.1 Å². The molecule has 0 spiro atoms. The number of benzene rings is 1. The van der Waals surface area contributed by atoms with Crippen LogP contribution in [0.5, 0.6) is 11.6 Å². The Kier molecular flexibility index (Phi) is 5.13. The van der Waals surface area contributed by atoms with Crippen molar-refractivity contribution in [3.05, 3.63) is 45.8 Å². The molecule has 0 unspecified atom stereocenters. The largest absolute Gasteiger partial charge is 0.436 e. The van der Waals surface area contributed by atoms with E-state index in [1.807, 2.05) is 13.0 Å². The molecule has 2 aromatic rings. The van der Waals surface area contributed by atoms with Crippen LogP contribution in [-0.4, -0.2) is 16.5 Å². The molecule has 0 bridgehead atoms. The van der Waals surface area contributed by atoms with Gasteiger partial charge < -0.3 is 10.1 Å². The van der Waals surface area contributed by atoms with Gasteiger partial charge in [0.15, 0.2) is 0 Å². The van der Waals surface area contributed by atoms with Gasteiger partial charge in [-0.25, -0.2) is 4.98 Å². The molecule has 1 aromatic heterocycles. The minimum absolute atomic E-state index is 0.417. The van der Waals surface area contributed by atoms with E-state index in [0.29, 0.717) is 23.2 Å². The van der Waals surface area contributed by atoms with E-state index in [-0.39, 0.29) is 0 Å². The maximum Gasteiger partial charge on any atom is 0.237 e. The highest BCUT2D eigenvalue weighted by atomic mass is 79.9. The molecule has 100 valence electrons. The predicted octanol–water partition coefficient (Wildman–Crippen LogP) is 3.79. The van der Waals surface area contributed by atoms with Crippen LogP contribution in [-0.2, 0) is 6.54 Å². The topological polar surface area (TPSA) is 47.0 Å². The van der Waals surface area contributed by atoms with Crippen LogP contribution < -0.4 is 10.1 Å². The maximum absolute atomic E-state index is 6.04. The number of hydrogen-bond acceptors (Lipinski definition) is 4. The van der Waals surface area contributed by atoms with Crippen molar-refractivity contribution >= 4 is 27.5 Å². The third-order valence-corrected chi connectivity index (χ3v) is 3.15. The standard InChI is InChI=1S/C13H13BrClN3O/c1-2-16-6-10-7-18-13(8-17-10)19-12-5-9(14)3-4-11(12)15/h3-5,7-8,16H,2,6H2,1H3. The van der Waals surface area contributed by atoms with Gasteiger partial charge in [-0.2, -0.15) is 0 Å². The van der Waals surface area contributed by atoms with Crippen LogP contribution >= 0.6 is 27.5 Å². The van der Waals surface area contributed by atoms with Gasteiger partial charge in [-0.3, -0.25) is 4.98 Å². The summed E-state index contributed by atoms with van der Waals surface area (Å²) in [5.74, 6) is 0.963. The van der Waals surface area contributed by atoms with E-state index in [1.54, 1.807) is 24.5 Å². The molecule has 0 saturated heterocycles. The zero-order chi connectivity index (χ0) is 13.7. The molecule has 1 N–H and O–H groups in total. The smallest absolute Gasteiger partial charge is 0.237 e. The summed E-state index contributed by atoms with van der Waals surface area (Å²) in [6, 6.07) is 5.39. The first-order valence-electron chi connectivity index (χ1n) is 5.83. The van der Waals surface area contributed by atoms with Gasteiger partial charge in [0.25, 0.3) is 0 Å². The number of aromatic nitrogens is 2. The van der Waals surface area contributed by atoms with Crippen LogP contribution in [0.1, 0.15) is 12.6 Å². The first-order chi connectivity index (χ1) is 9.19. The fourth-order valence-electron chi connectivity index (χ4n) is 1.41. The fraction of sp³-hybridized carbons (Fsp3) is 0.231. The van der Waals surface area contributed by atoms with Gasteiger partial charge in [0, 0.05) is 11.0 Å². The van der Waals surface area contributed by atoms with Crippen molar-refractivity contribution in [2.75, 3.05) is 6.54 Å². The van der Waals surface area contributed by atoms with E-state index in [4.69, 9.17) is 16.3 Å². The zero-order valence-corrected chi connectivity index (χ0v) is 12.7. The lowest BCUT2D eigenvalue weighted by molar-refractivity contribution is 0.458. The highest BCUT2D eigenvalue weighted by Crippen LogP contribution is 2.30. The average molecular weight is 343 g/mol. The Morgan fingerprint density at radius 2 is 2.16 bits per heavy atom. The molecule has 0 atom stereocenters. The molecule has 1 aromatic carbocycles. The molecule has 0 aliphatic rings. The molecular formula is C13H13BrClN3O. The SMILES string of the molecule is CCNCc1cnc(Oc2cc(Br)ccc2Cl)cn1. The average Bonchev–Trinajstić information content (AvgIpc) is 2.42. The molecule has 0 fully saturated rings. The van der Waals surface area contributed by atoms with E-state index < -0.39 is 0 Å². The quantitative estimate of drug-likeness (QED) is 0.898. The predicted molar refractivity (Wildman–Crippen MR) is 78.6 cm³/mol. The van der Waals surface area contributed by atoms with Crippen molar-refractivity contribution in [2.24, 2.45) is 0 Å². The van der Waals surface area contributed by atoms with Crippen molar-refractivity contribution in [2.45, 2.75) is 13.5 Å². The Morgan fingerprint density at radius 3 is 2.84 bits per heavy atom. The number of nitrogens with zero attached hydrogens (tertiary/aromatic N) is 2. The summed E-state index contributed by atoms with van der Waals surface area (Å²) in [6.45, 7) is 3.63. The maximum atomic E-state index is 6.04. The first kappa shape index (κ1) is 14.2. The third-order valence-electron chi connectivity index (χ3n) is 2.35. The van der Waals surface area contributed by atoms with Gasteiger partial charge in [-0.15, -0.1) is 0 Å². The Morgan fingerprint density at radius 1 is 1.32 bits per heavy atom. The lowest BCUT2D eigenvalue weighted by Gasteiger charge is -2.07. The second kappa shape index (κ2) is 6.84. The fourth-order valence-corrected chi connectivity index (χ4v) is 1.90. The molecule has 4 nitrogen and oxygen atoms in total. The van der Waals surface area contributed by atoms with Crippen molar-refractivity contribution in [1.29, 1.82) is 0 Å². The first-order valence-corrected chi connectivity index (χ1v) is 7.00. The van der Waals surface area contributed by atoms with Gasteiger partial charge in [-0.05, 0) is 24.7 Å². The molecule has 0 saturated carbocycles. The van der Waals surface area contributed by atoms with Gasteiger partial charge in [0.2, 0.25) is 5.88 Å². The van der Waals surface area contributed by atoms with E-state index in [0.717, 1.165) is 16.7 Å². The van der Waals surface area contributed by atoms with Gasteiger partial charge in [0.1, 0.15) is 5.75 Å². The summed E-state index contributed by atoms with van der Waals surface area (Å²) in [5, 5.41) is 3.71. The van der Waals surface area contributed by atoms with Gasteiger partial charge in [-0.1, -0.05) is 34.5 Å². The van der Waals surface area contributed by atoms with Crippen molar-refractivity contribution < 1.29 is 4.74 Å². The summed E-state index contributed by atoms with van der Waals surface area (Å²) in [6.07, 6.45) is 3.27. The molecule has 1 heterocycles. The molecule has 0 aliphatic heterocycles. The normalized spacial score (nSPS) is 10.5. The lowest BCUT2D eigenvalue weighted by Crippen LogP contribution is -2.13. The molecule has 0 aliphatic carbocycles. The number of ether oxygens (including phenoxy) is 1. The van der Waals surface area contributed by atoms with Gasteiger partial charge in [0.05, 0.1) is 23.1 Å². The van der Waals surface area contributed by atoms with Crippen molar-refractivity contribution in [1.82, 2.24) is 15.3 Å². The van der Waals surface area contributed by atoms with Crippen molar-refractivity contribution in [3.8, 4) is 11.6 Å². The number of nitrogens with one attached hydrogen (secondary N) is 1. The monoisotopic (exact) mass is 341 g/mol. The summed E-state index contributed by atoms with van der Waals surface area (Å²) in [5.41, 5.74) is 0.870. The number of rotatable bonds is 5. The minimum atomic E-state index is 0.417. The summed E-state index contributed by atoms with van der Waals surface area (Å²) < 4.78 is 6.49. The highest BCUT2D eigenvalue weighted by Gasteiger charge is 2.05. The van der Waals surface area contributed by atoms with Crippen LogP contribution in [0.4, 0.5) is 0 Å². The Hall–Kier alpha value is -1.17. The molecule has 0 radical (unpaired) electrons. The molecule has 6 heteroatoms. The summed E-state index contributed by atoms with van der Waals surface area (Å²) in [7, 11) is 0. The zero-order valence-electron chi connectivity index (χ0n) is 10.4. The van der Waals surface area contributed by atoms with Crippen LogP contribution in [0.25, 0.3) is 0 Å². The molecule has 19 heavy (non-hydrogen) atoms. The van der Waals surface area contributed by atoms with Crippen LogP contribution in [0, 0.1) is 0 Å². The Bertz CT molecular complexity index is 548. The Labute approximate surface area is 125 Å². The summed E-state index contributed by atoms with van der Waals surface area (Å²) in [4.78, 5) is 8.46. The van der Waals surface area contributed by atoms with Gasteiger partial charge >= 0.3 is 0 Å². The summed E-state index contributed by atoms with van der Waals surface area (Å²) >= 11 is 9.41. The lowest BCUT2D eigenvalue weighted by atomic mass is 10.3. The van der Waals surface area contributed by atoms with E-state index >= 15 is 0 Å². The Balaban J connectivity index is 2.08. The van der Waals surface area contributed by atoms with E-state index in [1.165, 1.54) is 0 Å². The third kappa shape index (κ3) is 4.16. The van der Waals surface area contributed by atoms with E-state index in [9.17, 15) is 0 Å². The molecule has 0 amide bonds. The number of halogens is 2. The molecule has 2 rings (SSSR count). The second-order valence-electron chi connectivity index (χ2n) is 3.80. The number of hydrogen-bond donors (Lipinski definition) is 1. The van der Waals surface area contributed by atoms with Crippen molar-refractivity contribution in [3.63, 3.8) is 0 Å².